The number of likely N-dealkylation sites (N-methyl/N-ethyl adjacent to an activating group) is 1. The van der Waals surface area contributed by atoms with Crippen molar-refractivity contribution in [1.82, 2.24) is 4.90 Å². The maximum absolute atomic E-state index is 13.2. The second kappa shape index (κ2) is 5.61. The van der Waals surface area contributed by atoms with E-state index in [4.69, 9.17) is 5.11 Å². The summed E-state index contributed by atoms with van der Waals surface area (Å²) in [5.74, 6) is 0. The van der Waals surface area contributed by atoms with Crippen molar-refractivity contribution in [3.63, 3.8) is 0 Å². The SMILES string of the molecule is CN(C)C1CCN(c2ccc(CO)cc2C(F)(F)F)C1. The van der Waals surface area contributed by atoms with E-state index in [0.29, 0.717) is 13.1 Å². The Labute approximate surface area is 116 Å². The van der Waals surface area contributed by atoms with E-state index in [9.17, 15) is 13.2 Å². The Hall–Kier alpha value is -1.27. The molecule has 2 rings (SSSR count). The molecule has 1 heterocycles. The van der Waals surface area contributed by atoms with Crippen molar-refractivity contribution in [2.45, 2.75) is 25.2 Å². The lowest BCUT2D eigenvalue weighted by atomic mass is 10.1. The van der Waals surface area contributed by atoms with E-state index in [0.717, 1.165) is 12.5 Å². The van der Waals surface area contributed by atoms with Crippen LogP contribution in [0, 0.1) is 0 Å². The summed E-state index contributed by atoms with van der Waals surface area (Å²) in [4.78, 5) is 3.81. The molecule has 112 valence electrons. The topological polar surface area (TPSA) is 26.7 Å². The van der Waals surface area contributed by atoms with Gasteiger partial charge in [-0.3, -0.25) is 0 Å². The van der Waals surface area contributed by atoms with Crippen LogP contribution in [0.2, 0.25) is 0 Å². The van der Waals surface area contributed by atoms with Gasteiger partial charge in [-0.1, -0.05) is 6.07 Å². The molecule has 0 aliphatic carbocycles. The van der Waals surface area contributed by atoms with Crippen LogP contribution in [0.4, 0.5) is 18.9 Å². The number of halogens is 3. The summed E-state index contributed by atoms with van der Waals surface area (Å²) in [5.41, 5.74) is -0.174. The Morgan fingerprint density at radius 3 is 2.55 bits per heavy atom. The highest BCUT2D eigenvalue weighted by Gasteiger charge is 2.36. The van der Waals surface area contributed by atoms with Gasteiger partial charge in [0.05, 0.1) is 12.2 Å². The van der Waals surface area contributed by atoms with Gasteiger partial charge in [0.25, 0.3) is 0 Å². The number of hydrogen-bond acceptors (Lipinski definition) is 3. The van der Waals surface area contributed by atoms with Gasteiger partial charge in [-0.2, -0.15) is 13.2 Å². The predicted molar refractivity (Wildman–Crippen MR) is 71.7 cm³/mol. The average molecular weight is 288 g/mol. The molecule has 0 aromatic heterocycles. The number of nitrogens with zero attached hydrogens (tertiary/aromatic N) is 2. The smallest absolute Gasteiger partial charge is 0.392 e. The number of alkyl halides is 3. The largest absolute Gasteiger partial charge is 0.418 e. The lowest BCUT2D eigenvalue weighted by molar-refractivity contribution is -0.137. The fourth-order valence-corrected chi connectivity index (χ4v) is 2.57. The van der Waals surface area contributed by atoms with Crippen LogP contribution in [0.3, 0.4) is 0 Å². The number of hydrogen-bond donors (Lipinski definition) is 1. The van der Waals surface area contributed by atoms with Crippen molar-refractivity contribution in [3.8, 4) is 0 Å². The van der Waals surface area contributed by atoms with E-state index in [2.05, 4.69) is 0 Å². The van der Waals surface area contributed by atoms with Crippen LogP contribution >= 0.6 is 0 Å². The predicted octanol–water partition coefficient (Wildman–Crippen LogP) is 2.34. The summed E-state index contributed by atoms with van der Waals surface area (Å²) >= 11 is 0. The van der Waals surface area contributed by atoms with Gasteiger partial charge in [-0.25, -0.2) is 0 Å². The number of benzene rings is 1. The molecule has 0 amide bonds. The Kier molecular flexibility index (Phi) is 4.25. The summed E-state index contributed by atoms with van der Waals surface area (Å²) in [6.07, 6.45) is -3.55. The van der Waals surface area contributed by atoms with Gasteiger partial charge in [-0.05, 0) is 38.2 Å². The third-order valence-electron chi connectivity index (χ3n) is 3.78. The highest BCUT2D eigenvalue weighted by atomic mass is 19.4. The Morgan fingerprint density at radius 2 is 2.05 bits per heavy atom. The molecule has 3 nitrogen and oxygen atoms in total. The van der Waals surface area contributed by atoms with Gasteiger partial charge in [-0.15, -0.1) is 0 Å². The average Bonchev–Trinajstić information content (AvgIpc) is 2.86. The maximum Gasteiger partial charge on any atom is 0.418 e. The number of aliphatic hydroxyl groups excluding tert-OH is 1. The van der Waals surface area contributed by atoms with E-state index in [1.807, 2.05) is 19.0 Å². The van der Waals surface area contributed by atoms with Crippen molar-refractivity contribution in [2.75, 3.05) is 32.1 Å². The van der Waals surface area contributed by atoms with Crippen LogP contribution in [0.5, 0.6) is 0 Å². The van der Waals surface area contributed by atoms with Gasteiger partial charge in [0.1, 0.15) is 0 Å². The Morgan fingerprint density at radius 1 is 1.35 bits per heavy atom. The molecule has 1 atom stereocenters. The second-order valence-electron chi connectivity index (χ2n) is 5.36. The molecule has 0 saturated carbocycles. The summed E-state index contributed by atoms with van der Waals surface area (Å²) in [6.45, 7) is 0.822. The molecule has 1 N–H and O–H groups in total. The molecule has 1 aromatic rings. The fourth-order valence-electron chi connectivity index (χ4n) is 2.57. The Balaban J connectivity index is 2.32. The maximum atomic E-state index is 13.2. The third-order valence-corrected chi connectivity index (χ3v) is 3.78. The van der Waals surface area contributed by atoms with Crippen LogP contribution in [-0.2, 0) is 12.8 Å². The summed E-state index contributed by atoms with van der Waals surface area (Å²) in [6, 6.07) is 4.33. The number of rotatable bonds is 3. The summed E-state index contributed by atoms with van der Waals surface area (Å²) < 4.78 is 39.5. The first-order valence-electron chi connectivity index (χ1n) is 6.55. The second-order valence-corrected chi connectivity index (χ2v) is 5.36. The third kappa shape index (κ3) is 3.07. The molecule has 1 unspecified atom stereocenters. The zero-order valence-electron chi connectivity index (χ0n) is 11.6. The quantitative estimate of drug-likeness (QED) is 0.925. The summed E-state index contributed by atoms with van der Waals surface area (Å²) in [5, 5.41) is 9.01. The van der Waals surface area contributed by atoms with Gasteiger partial charge >= 0.3 is 6.18 Å². The standard InChI is InChI=1S/C14H19F3N2O/c1-18(2)11-5-6-19(8-11)13-4-3-10(9-20)7-12(13)14(15,16)17/h3-4,7,11,20H,5-6,8-9H2,1-2H3. The van der Waals surface area contributed by atoms with Crippen LogP contribution in [0.25, 0.3) is 0 Å². The molecule has 1 saturated heterocycles. The molecule has 0 bridgehead atoms. The number of aliphatic hydroxyl groups is 1. The minimum Gasteiger partial charge on any atom is -0.392 e. The van der Waals surface area contributed by atoms with Gasteiger partial charge < -0.3 is 14.9 Å². The highest BCUT2D eigenvalue weighted by Crippen LogP contribution is 2.38. The molecular formula is C14H19F3N2O. The van der Waals surface area contributed by atoms with E-state index >= 15 is 0 Å². The molecule has 1 aromatic carbocycles. The van der Waals surface area contributed by atoms with E-state index < -0.39 is 11.7 Å². The van der Waals surface area contributed by atoms with E-state index in [1.165, 1.54) is 6.07 Å². The zero-order valence-corrected chi connectivity index (χ0v) is 11.6. The minimum absolute atomic E-state index is 0.207. The fraction of sp³-hybridized carbons (Fsp3) is 0.571. The van der Waals surface area contributed by atoms with Crippen LogP contribution in [0.1, 0.15) is 17.5 Å². The molecular weight excluding hydrogens is 269 g/mol. The number of anilines is 1. The van der Waals surface area contributed by atoms with Gasteiger partial charge in [0.15, 0.2) is 0 Å². The van der Waals surface area contributed by atoms with Crippen molar-refractivity contribution in [2.24, 2.45) is 0 Å². The van der Waals surface area contributed by atoms with Gasteiger partial charge in [0.2, 0.25) is 0 Å². The first-order valence-corrected chi connectivity index (χ1v) is 6.55. The van der Waals surface area contributed by atoms with Crippen molar-refractivity contribution in [3.05, 3.63) is 29.3 Å². The molecule has 6 heteroatoms. The first-order chi connectivity index (χ1) is 9.32. The summed E-state index contributed by atoms with van der Waals surface area (Å²) in [7, 11) is 3.88. The lowest BCUT2D eigenvalue weighted by Gasteiger charge is -2.25. The Bertz CT molecular complexity index is 474. The van der Waals surface area contributed by atoms with Crippen molar-refractivity contribution >= 4 is 5.69 Å². The van der Waals surface area contributed by atoms with E-state index in [1.54, 1.807) is 11.0 Å². The van der Waals surface area contributed by atoms with Crippen LogP contribution < -0.4 is 4.90 Å². The minimum atomic E-state index is -4.41. The zero-order chi connectivity index (χ0) is 14.9. The molecule has 0 radical (unpaired) electrons. The van der Waals surface area contributed by atoms with Crippen molar-refractivity contribution in [1.29, 1.82) is 0 Å². The highest BCUT2D eigenvalue weighted by molar-refractivity contribution is 5.57. The molecule has 20 heavy (non-hydrogen) atoms. The first kappa shape index (κ1) is 15.1. The van der Waals surface area contributed by atoms with Crippen LogP contribution in [-0.4, -0.2) is 43.2 Å². The van der Waals surface area contributed by atoms with Gasteiger partial charge in [0, 0.05) is 24.8 Å². The lowest BCUT2D eigenvalue weighted by Crippen LogP contribution is -2.32. The monoisotopic (exact) mass is 288 g/mol. The molecule has 1 aliphatic rings. The molecule has 1 aliphatic heterocycles. The van der Waals surface area contributed by atoms with E-state index in [-0.39, 0.29) is 23.9 Å². The normalized spacial score (nSPS) is 19.9. The molecule has 0 spiro atoms. The van der Waals surface area contributed by atoms with Crippen LogP contribution in [0.15, 0.2) is 18.2 Å². The molecule has 1 fully saturated rings. The van der Waals surface area contributed by atoms with Crippen molar-refractivity contribution < 1.29 is 18.3 Å².